The molecule has 1 rings (SSSR count). The molecule has 0 aliphatic rings. The van der Waals surface area contributed by atoms with Crippen LogP contribution in [0, 0.1) is 0 Å². The minimum Gasteiger partial charge on any atom is -0.364 e. The third-order valence-corrected chi connectivity index (χ3v) is 4.83. The lowest BCUT2D eigenvalue weighted by Gasteiger charge is -2.29. The largest absolute Gasteiger partial charge is 0.364 e. The van der Waals surface area contributed by atoms with Crippen molar-refractivity contribution < 1.29 is 18.3 Å². The zero-order chi connectivity index (χ0) is 14.5. The van der Waals surface area contributed by atoms with E-state index in [-0.39, 0.29) is 12.2 Å². The lowest BCUT2D eigenvalue weighted by molar-refractivity contribution is 0.0785. The molecular weight excluding hydrogens is 263 g/mol. The van der Waals surface area contributed by atoms with Crippen LogP contribution < -0.4 is 0 Å². The molecule has 1 aromatic carbocycles. The topological polar surface area (TPSA) is 44.8 Å². The van der Waals surface area contributed by atoms with Crippen molar-refractivity contribution in [2.75, 3.05) is 7.11 Å². The predicted molar refractivity (Wildman–Crippen MR) is 76.2 cm³/mol. The summed E-state index contributed by atoms with van der Waals surface area (Å²) in [6.07, 6.45) is -0.406. The average Bonchev–Trinajstić information content (AvgIpc) is 2.28. The van der Waals surface area contributed by atoms with Crippen LogP contribution in [-0.2, 0) is 18.3 Å². The van der Waals surface area contributed by atoms with E-state index in [0.29, 0.717) is 0 Å². The van der Waals surface area contributed by atoms with Gasteiger partial charge in [0.15, 0.2) is 5.85 Å². The van der Waals surface area contributed by atoms with Crippen molar-refractivity contribution in [1.82, 2.24) is 0 Å². The van der Waals surface area contributed by atoms with Gasteiger partial charge in [-0.25, -0.2) is 0 Å². The highest BCUT2D eigenvalue weighted by Gasteiger charge is 2.39. The maximum absolute atomic E-state index is 13.0. The lowest BCUT2D eigenvalue weighted by Crippen LogP contribution is -2.14. The van der Waals surface area contributed by atoms with E-state index >= 15 is 0 Å². The second kappa shape index (κ2) is 7.20. The Morgan fingerprint density at radius 2 is 1.42 bits per heavy atom. The summed E-state index contributed by atoms with van der Waals surface area (Å²) in [5.74, 6) is -0.710. The van der Waals surface area contributed by atoms with E-state index < -0.39 is 13.4 Å². The van der Waals surface area contributed by atoms with Crippen LogP contribution in [0.1, 0.15) is 39.1 Å². The van der Waals surface area contributed by atoms with Gasteiger partial charge in [-0.15, -0.1) is 0 Å². The molecule has 0 aromatic heterocycles. The summed E-state index contributed by atoms with van der Waals surface area (Å²) in [5, 5.41) is 0. The SMILES string of the molecule is COC(c1ccccc1)P(=O)(OC(C)C)OC(C)C. The smallest absolute Gasteiger partial charge is 0.364 e. The van der Waals surface area contributed by atoms with Crippen LogP contribution in [0.5, 0.6) is 0 Å². The summed E-state index contributed by atoms with van der Waals surface area (Å²) in [7, 11) is -1.87. The molecule has 0 saturated heterocycles. The average molecular weight is 286 g/mol. The van der Waals surface area contributed by atoms with E-state index in [4.69, 9.17) is 13.8 Å². The van der Waals surface area contributed by atoms with Crippen LogP contribution in [0.15, 0.2) is 30.3 Å². The molecule has 0 N–H and O–H groups in total. The van der Waals surface area contributed by atoms with Gasteiger partial charge in [0.05, 0.1) is 12.2 Å². The van der Waals surface area contributed by atoms with Crippen LogP contribution in [-0.4, -0.2) is 19.3 Å². The maximum atomic E-state index is 13.0. The van der Waals surface area contributed by atoms with Crippen molar-refractivity contribution in [3.8, 4) is 0 Å². The van der Waals surface area contributed by atoms with Gasteiger partial charge in [0, 0.05) is 7.11 Å². The summed E-state index contributed by atoms with van der Waals surface area (Å²) in [6.45, 7) is 7.31. The van der Waals surface area contributed by atoms with Crippen molar-refractivity contribution >= 4 is 7.60 Å². The number of hydrogen-bond acceptors (Lipinski definition) is 4. The summed E-state index contributed by atoms with van der Waals surface area (Å²) >= 11 is 0. The van der Waals surface area contributed by atoms with Gasteiger partial charge in [0.1, 0.15) is 0 Å². The molecule has 0 amide bonds. The minimum absolute atomic E-state index is 0.203. The van der Waals surface area contributed by atoms with Crippen molar-refractivity contribution in [2.24, 2.45) is 0 Å². The Balaban J connectivity index is 3.10. The fraction of sp³-hybridized carbons (Fsp3) is 0.571. The molecule has 0 heterocycles. The molecule has 108 valence electrons. The van der Waals surface area contributed by atoms with Crippen molar-refractivity contribution in [3.05, 3.63) is 35.9 Å². The van der Waals surface area contributed by atoms with Gasteiger partial charge in [-0.05, 0) is 33.3 Å². The summed E-state index contributed by atoms with van der Waals surface area (Å²) in [6, 6.07) is 9.35. The van der Waals surface area contributed by atoms with E-state index in [2.05, 4.69) is 0 Å². The van der Waals surface area contributed by atoms with Gasteiger partial charge >= 0.3 is 7.60 Å². The highest BCUT2D eigenvalue weighted by molar-refractivity contribution is 7.54. The van der Waals surface area contributed by atoms with E-state index in [9.17, 15) is 4.57 Å². The molecule has 1 atom stereocenters. The molecule has 1 unspecified atom stereocenters. The number of rotatable bonds is 7. The first-order valence-electron chi connectivity index (χ1n) is 6.43. The summed E-state index contributed by atoms with van der Waals surface area (Å²) < 4.78 is 29.5. The fourth-order valence-electron chi connectivity index (χ4n) is 1.79. The molecule has 5 heteroatoms. The Morgan fingerprint density at radius 3 is 1.79 bits per heavy atom. The van der Waals surface area contributed by atoms with Gasteiger partial charge in [0.25, 0.3) is 0 Å². The Bertz CT molecular complexity index is 403. The van der Waals surface area contributed by atoms with Crippen LogP contribution in [0.2, 0.25) is 0 Å². The normalized spacial score (nSPS) is 14.1. The van der Waals surface area contributed by atoms with Crippen LogP contribution >= 0.6 is 7.60 Å². The number of hydrogen-bond donors (Lipinski definition) is 0. The van der Waals surface area contributed by atoms with Gasteiger partial charge in [-0.2, -0.15) is 0 Å². The van der Waals surface area contributed by atoms with E-state index in [1.165, 1.54) is 7.11 Å². The Labute approximate surface area is 115 Å². The quantitative estimate of drug-likeness (QED) is 0.698. The molecule has 0 spiro atoms. The molecule has 0 aliphatic carbocycles. The molecular formula is C14H23O4P. The van der Waals surface area contributed by atoms with E-state index in [1.807, 2.05) is 58.0 Å². The molecule has 0 fully saturated rings. The monoisotopic (exact) mass is 286 g/mol. The number of ether oxygens (including phenoxy) is 1. The van der Waals surface area contributed by atoms with Crippen LogP contribution in [0.4, 0.5) is 0 Å². The molecule has 0 bridgehead atoms. The second-order valence-corrected chi connectivity index (χ2v) is 6.82. The van der Waals surface area contributed by atoms with Crippen LogP contribution in [0.25, 0.3) is 0 Å². The first-order valence-corrected chi connectivity index (χ1v) is 8.04. The first kappa shape index (κ1) is 16.4. The number of methoxy groups -OCH3 is 1. The Hall–Kier alpha value is -0.670. The van der Waals surface area contributed by atoms with Gasteiger partial charge in [-0.1, -0.05) is 30.3 Å². The first-order chi connectivity index (χ1) is 8.89. The third kappa shape index (κ3) is 4.73. The predicted octanol–water partition coefficient (Wildman–Crippen LogP) is 4.37. The van der Waals surface area contributed by atoms with Gasteiger partial charge in [0.2, 0.25) is 0 Å². The van der Waals surface area contributed by atoms with E-state index in [0.717, 1.165) is 5.56 Å². The zero-order valence-corrected chi connectivity index (χ0v) is 13.1. The minimum atomic E-state index is -3.39. The highest BCUT2D eigenvalue weighted by Crippen LogP contribution is 2.62. The molecule has 0 saturated carbocycles. The van der Waals surface area contributed by atoms with Crippen molar-refractivity contribution in [1.29, 1.82) is 0 Å². The fourth-order valence-corrected chi connectivity index (χ4v) is 4.03. The molecule has 4 nitrogen and oxygen atoms in total. The molecule has 19 heavy (non-hydrogen) atoms. The summed E-state index contributed by atoms with van der Waals surface area (Å²) in [5.41, 5.74) is 0.787. The Morgan fingerprint density at radius 1 is 0.947 bits per heavy atom. The third-order valence-electron chi connectivity index (χ3n) is 2.31. The molecule has 0 aliphatic heterocycles. The lowest BCUT2D eigenvalue weighted by atomic mass is 10.2. The standard InChI is InChI=1S/C14H23O4P/c1-11(2)17-19(15,18-12(3)4)14(16-5)13-9-7-6-8-10-13/h6-12,14H,1-5H3. The van der Waals surface area contributed by atoms with Crippen molar-refractivity contribution in [3.63, 3.8) is 0 Å². The van der Waals surface area contributed by atoms with E-state index in [1.54, 1.807) is 0 Å². The van der Waals surface area contributed by atoms with Gasteiger partial charge < -0.3 is 13.8 Å². The maximum Gasteiger partial charge on any atom is 0.364 e. The Kier molecular flexibility index (Phi) is 6.21. The van der Waals surface area contributed by atoms with Gasteiger partial charge in [-0.3, -0.25) is 4.57 Å². The molecule has 0 radical (unpaired) electrons. The summed E-state index contributed by atoms with van der Waals surface area (Å²) in [4.78, 5) is 0. The number of benzene rings is 1. The van der Waals surface area contributed by atoms with Crippen molar-refractivity contribution in [2.45, 2.75) is 45.7 Å². The zero-order valence-electron chi connectivity index (χ0n) is 12.2. The highest BCUT2D eigenvalue weighted by atomic mass is 31.2. The second-order valence-electron chi connectivity index (χ2n) is 4.85. The van der Waals surface area contributed by atoms with Crippen LogP contribution in [0.3, 0.4) is 0 Å². The molecule has 1 aromatic rings.